The number of rotatable bonds is 6. The molecule has 0 aromatic heterocycles. The Morgan fingerprint density at radius 1 is 1.37 bits per heavy atom. The molecule has 1 aliphatic heterocycles. The summed E-state index contributed by atoms with van der Waals surface area (Å²) in [5.41, 5.74) is 0.937. The Balaban J connectivity index is 2.15. The minimum Gasteiger partial charge on any atom is -0.324 e. The fourth-order valence-corrected chi connectivity index (χ4v) is 4.26. The number of hydrogen-bond donors (Lipinski definition) is 1. The zero-order valence-corrected chi connectivity index (χ0v) is 17.5. The van der Waals surface area contributed by atoms with Crippen molar-refractivity contribution >= 4 is 39.1 Å². The number of aryl methyl sites for hydroxylation is 1. The average Bonchev–Trinajstić information content (AvgIpc) is 2.58. The molecule has 0 saturated carbocycles. The molecule has 1 aromatic carbocycles. The van der Waals surface area contributed by atoms with Crippen LogP contribution in [0.5, 0.6) is 0 Å². The van der Waals surface area contributed by atoms with E-state index in [1.165, 1.54) is 25.2 Å². The van der Waals surface area contributed by atoms with Crippen LogP contribution in [0.2, 0.25) is 0 Å². The van der Waals surface area contributed by atoms with Gasteiger partial charge in [0.15, 0.2) is 0 Å². The molecule has 8 nitrogen and oxygen atoms in total. The van der Waals surface area contributed by atoms with E-state index in [4.69, 9.17) is 11.6 Å². The van der Waals surface area contributed by atoms with Gasteiger partial charge in [0.2, 0.25) is 21.8 Å². The fourth-order valence-electron chi connectivity index (χ4n) is 2.82. The SMILES string of the molecule is CCN1CC(Cl)CC(=O)N1CC(=O)Nc1ccc(C)c(S(=O)(=O)N(C)C)c1. The van der Waals surface area contributed by atoms with Crippen LogP contribution in [0.15, 0.2) is 23.1 Å². The summed E-state index contributed by atoms with van der Waals surface area (Å²) >= 11 is 6.07. The number of sulfonamides is 1. The first kappa shape index (κ1) is 21.6. The molecule has 0 radical (unpaired) electrons. The number of carbonyl (C=O) groups is 2. The minimum absolute atomic E-state index is 0.125. The Labute approximate surface area is 165 Å². The van der Waals surface area contributed by atoms with E-state index in [9.17, 15) is 18.0 Å². The Hall–Kier alpha value is -1.68. The third-order valence-electron chi connectivity index (χ3n) is 4.32. The first-order valence-electron chi connectivity index (χ1n) is 8.58. The fraction of sp³-hybridized carbons (Fsp3) is 0.529. The summed E-state index contributed by atoms with van der Waals surface area (Å²) in [6.45, 7) is 4.46. The summed E-state index contributed by atoms with van der Waals surface area (Å²) < 4.78 is 25.9. The van der Waals surface area contributed by atoms with Crippen molar-refractivity contribution in [2.24, 2.45) is 0 Å². The summed E-state index contributed by atoms with van der Waals surface area (Å²) in [7, 11) is -0.726. The van der Waals surface area contributed by atoms with Crippen molar-refractivity contribution in [1.29, 1.82) is 0 Å². The quantitative estimate of drug-likeness (QED) is 0.705. The van der Waals surface area contributed by atoms with E-state index in [2.05, 4.69) is 5.32 Å². The van der Waals surface area contributed by atoms with Crippen LogP contribution in [0.3, 0.4) is 0 Å². The van der Waals surface area contributed by atoms with Gasteiger partial charge in [-0.15, -0.1) is 11.6 Å². The van der Waals surface area contributed by atoms with Gasteiger partial charge in [0, 0.05) is 39.3 Å². The number of hydrazine groups is 1. The van der Waals surface area contributed by atoms with Crippen molar-refractivity contribution < 1.29 is 18.0 Å². The second-order valence-electron chi connectivity index (χ2n) is 6.57. The number of anilines is 1. The summed E-state index contributed by atoms with van der Waals surface area (Å²) in [6.07, 6.45) is 0.182. The van der Waals surface area contributed by atoms with Gasteiger partial charge in [0.1, 0.15) is 6.54 Å². The van der Waals surface area contributed by atoms with Crippen molar-refractivity contribution in [2.45, 2.75) is 30.5 Å². The predicted octanol–water partition coefficient (Wildman–Crippen LogP) is 1.26. The summed E-state index contributed by atoms with van der Waals surface area (Å²) in [4.78, 5) is 24.8. The Morgan fingerprint density at radius 2 is 2.04 bits per heavy atom. The number of carbonyl (C=O) groups excluding carboxylic acids is 2. The van der Waals surface area contributed by atoms with Crippen molar-refractivity contribution in [1.82, 2.24) is 14.3 Å². The molecular weight excluding hydrogens is 392 g/mol. The first-order chi connectivity index (χ1) is 12.6. The van der Waals surface area contributed by atoms with Gasteiger partial charge < -0.3 is 5.32 Å². The lowest BCUT2D eigenvalue weighted by atomic mass is 10.2. The molecule has 1 atom stereocenters. The third kappa shape index (κ3) is 4.98. The number of nitrogens with zero attached hydrogens (tertiary/aromatic N) is 3. The molecule has 150 valence electrons. The van der Waals surface area contributed by atoms with E-state index < -0.39 is 15.9 Å². The lowest BCUT2D eigenvalue weighted by Crippen LogP contribution is -2.56. The van der Waals surface area contributed by atoms with E-state index in [1.807, 2.05) is 6.92 Å². The molecule has 1 saturated heterocycles. The van der Waals surface area contributed by atoms with E-state index >= 15 is 0 Å². The van der Waals surface area contributed by atoms with Crippen molar-refractivity contribution in [2.75, 3.05) is 39.0 Å². The first-order valence-corrected chi connectivity index (χ1v) is 10.5. The second-order valence-corrected chi connectivity index (χ2v) is 9.31. The topological polar surface area (TPSA) is 90.0 Å². The molecule has 1 heterocycles. The standard InChI is InChI=1S/C17H25ClN4O4S/c1-5-21-10-13(18)8-17(24)22(21)11-16(23)19-14-7-6-12(2)15(9-14)27(25,26)20(3)4/h6-7,9,13H,5,8,10-11H2,1-4H3,(H,19,23). The molecule has 1 unspecified atom stereocenters. The molecule has 1 N–H and O–H groups in total. The third-order valence-corrected chi connectivity index (χ3v) is 6.57. The maximum atomic E-state index is 12.4. The zero-order chi connectivity index (χ0) is 20.4. The smallest absolute Gasteiger partial charge is 0.245 e. The van der Waals surface area contributed by atoms with Gasteiger partial charge in [-0.25, -0.2) is 17.7 Å². The predicted molar refractivity (Wildman–Crippen MR) is 104 cm³/mol. The van der Waals surface area contributed by atoms with Crippen LogP contribution in [0.1, 0.15) is 18.9 Å². The zero-order valence-electron chi connectivity index (χ0n) is 15.9. The Kier molecular flexibility index (Phi) is 6.85. The van der Waals surface area contributed by atoms with Crippen LogP contribution in [-0.2, 0) is 19.6 Å². The van der Waals surface area contributed by atoms with E-state index in [-0.39, 0.29) is 29.1 Å². The van der Waals surface area contributed by atoms with Crippen LogP contribution >= 0.6 is 11.6 Å². The van der Waals surface area contributed by atoms with E-state index in [0.29, 0.717) is 24.3 Å². The minimum atomic E-state index is -3.63. The highest BCUT2D eigenvalue weighted by atomic mass is 35.5. The maximum Gasteiger partial charge on any atom is 0.245 e. The molecular formula is C17H25ClN4O4S. The van der Waals surface area contributed by atoms with Crippen LogP contribution in [0.25, 0.3) is 0 Å². The number of alkyl halides is 1. The highest BCUT2D eigenvalue weighted by Gasteiger charge is 2.31. The summed E-state index contributed by atoms with van der Waals surface area (Å²) in [5, 5.41) is 5.52. The molecule has 27 heavy (non-hydrogen) atoms. The summed E-state index contributed by atoms with van der Waals surface area (Å²) in [5.74, 6) is -0.620. The molecule has 2 rings (SSSR count). The molecule has 2 amide bonds. The normalized spacial score (nSPS) is 18.8. The molecule has 1 aromatic rings. The average molecular weight is 417 g/mol. The number of benzene rings is 1. The van der Waals surface area contributed by atoms with E-state index in [1.54, 1.807) is 24.1 Å². The maximum absolute atomic E-state index is 12.4. The van der Waals surface area contributed by atoms with Gasteiger partial charge in [0.05, 0.1) is 10.3 Å². The van der Waals surface area contributed by atoms with Crippen molar-refractivity contribution in [3.8, 4) is 0 Å². The Morgan fingerprint density at radius 3 is 2.63 bits per heavy atom. The van der Waals surface area contributed by atoms with Gasteiger partial charge in [-0.3, -0.25) is 14.6 Å². The number of amides is 2. The van der Waals surface area contributed by atoms with Crippen molar-refractivity contribution in [3.05, 3.63) is 23.8 Å². The molecule has 0 spiro atoms. The molecule has 0 aliphatic carbocycles. The van der Waals surface area contributed by atoms with Gasteiger partial charge in [0.25, 0.3) is 0 Å². The van der Waals surface area contributed by atoms with Gasteiger partial charge in [-0.05, 0) is 24.6 Å². The number of nitrogens with one attached hydrogen (secondary N) is 1. The number of halogens is 1. The van der Waals surface area contributed by atoms with Crippen LogP contribution in [0, 0.1) is 6.92 Å². The summed E-state index contributed by atoms with van der Waals surface area (Å²) in [6, 6.07) is 4.69. The van der Waals surface area contributed by atoms with Crippen molar-refractivity contribution in [3.63, 3.8) is 0 Å². The lowest BCUT2D eigenvalue weighted by Gasteiger charge is -2.39. The van der Waals surface area contributed by atoms with Crippen LogP contribution in [0.4, 0.5) is 5.69 Å². The largest absolute Gasteiger partial charge is 0.324 e. The van der Waals surface area contributed by atoms with Gasteiger partial charge >= 0.3 is 0 Å². The van der Waals surface area contributed by atoms with Gasteiger partial charge in [-0.1, -0.05) is 13.0 Å². The molecule has 1 aliphatic rings. The number of hydrogen-bond acceptors (Lipinski definition) is 5. The Bertz CT molecular complexity index is 828. The van der Waals surface area contributed by atoms with Crippen LogP contribution in [-0.4, -0.2) is 73.7 Å². The monoisotopic (exact) mass is 416 g/mol. The highest BCUT2D eigenvalue weighted by Crippen LogP contribution is 2.23. The second kappa shape index (κ2) is 8.55. The molecule has 0 bridgehead atoms. The lowest BCUT2D eigenvalue weighted by molar-refractivity contribution is -0.157. The van der Waals surface area contributed by atoms with Crippen LogP contribution < -0.4 is 5.32 Å². The van der Waals surface area contributed by atoms with E-state index in [0.717, 1.165) is 4.31 Å². The molecule has 1 fully saturated rings. The molecule has 10 heteroatoms. The highest BCUT2D eigenvalue weighted by molar-refractivity contribution is 7.89. The van der Waals surface area contributed by atoms with Gasteiger partial charge in [-0.2, -0.15) is 0 Å².